The first kappa shape index (κ1) is 11.4. The summed E-state index contributed by atoms with van der Waals surface area (Å²) in [6.45, 7) is 2.92. The summed E-state index contributed by atoms with van der Waals surface area (Å²) in [7, 11) is 0. The highest BCUT2D eigenvalue weighted by Crippen LogP contribution is 2.25. The molecule has 1 fully saturated rings. The van der Waals surface area contributed by atoms with Crippen LogP contribution in [0, 0.1) is 6.92 Å². The lowest BCUT2D eigenvalue weighted by molar-refractivity contribution is 0.105. The predicted molar refractivity (Wildman–Crippen MR) is 68.3 cm³/mol. The minimum absolute atomic E-state index is 0.0908. The van der Waals surface area contributed by atoms with E-state index in [2.05, 4.69) is 46.4 Å². The van der Waals surface area contributed by atoms with E-state index in [0.717, 1.165) is 37.5 Å². The Bertz CT molecular complexity index is 512. The predicted octanol–water partition coefficient (Wildman–Crippen LogP) is 2.56. The molecule has 0 amide bonds. The maximum atomic E-state index is 5.57. The SMILES string of the molecule is Cc1ccc(Cc2nc([C@H]3CCCO3)n[nH]2)cc1. The molecule has 3 rings (SSSR count). The number of aromatic amines is 1. The molecule has 94 valence electrons. The monoisotopic (exact) mass is 243 g/mol. The Morgan fingerprint density at radius 3 is 2.89 bits per heavy atom. The number of benzene rings is 1. The molecule has 1 aromatic heterocycles. The van der Waals surface area contributed by atoms with Crippen molar-refractivity contribution in [3.63, 3.8) is 0 Å². The normalized spacial score (nSPS) is 19.3. The summed E-state index contributed by atoms with van der Waals surface area (Å²) in [5.74, 6) is 1.71. The van der Waals surface area contributed by atoms with Crippen molar-refractivity contribution in [1.29, 1.82) is 0 Å². The number of nitrogens with one attached hydrogen (secondary N) is 1. The lowest BCUT2D eigenvalue weighted by Gasteiger charge is -2.02. The van der Waals surface area contributed by atoms with Crippen LogP contribution in [0.3, 0.4) is 0 Å². The molecule has 4 nitrogen and oxygen atoms in total. The molecule has 0 saturated carbocycles. The maximum absolute atomic E-state index is 5.57. The van der Waals surface area contributed by atoms with Crippen LogP contribution < -0.4 is 0 Å². The van der Waals surface area contributed by atoms with Gasteiger partial charge >= 0.3 is 0 Å². The minimum atomic E-state index is 0.0908. The van der Waals surface area contributed by atoms with E-state index in [4.69, 9.17) is 4.74 Å². The smallest absolute Gasteiger partial charge is 0.179 e. The number of nitrogens with zero attached hydrogens (tertiary/aromatic N) is 2. The van der Waals surface area contributed by atoms with E-state index in [0.29, 0.717) is 0 Å². The van der Waals surface area contributed by atoms with Crippen LogP contribution in [0.25, 0.3) is 0 Å². The molecule has 1 aliphatic rings. The molecular formula is C14H17N3O. The number of hydrogen-bond acceptors (Lipinski definition) is 3. The number of aromatic nitrogens is 3. The number of aryl methyl sites for hydroxylation is 1. The van der Waals surface area contributed by atoms with E-state index in [1.807, 2.05) is 0 Å². The minimum Gasteiger partial charge on any atom is -0.370 e. The average Bonchev–Trinajstić information content (AvgIpc) is 3.02. The third-order valence-electron chi connectivity index (χ3n) is 3.26. The zero-order valence-corrected chi connectivity index (χ0v) is 10.5. The molecule has 1 atom stereocenters. The average molecular weight is 243 g/mol. The molecule has 0 bridgehead atoms. The Balaban J connectivity index is 1.71. The molecule has 0 radical (unpaired) electrons. The zero-order chi connectivity index (χ0) is 12.4. The quantitative estimate of drug-likeness (QED) is 0.901. The van der Waals surface area contributed by atoms with E-state index in [9.17, 15) is 0 Å². The molecule has 1 saturated heterocycles. The molecule has 0 spiro atoms. The van der Waals surface area contributed by atoms with Crippen molar-refractivity contribution >= 4 is 0 Å². The number of rotatable bonds is 3. The first-order valence-electron chi connectivity index (χ1n) is 6.39. The van der Waals surface area contributed by atoms with Gasteiger partial charge in [0.25, 0.3) is 0 Å². The second-order valence-electron chi connectivity index (χ2n) is 4.80. The first-order chi connectivity index (χ1) is 8.81. The van der Waals surface area contributed by atoms with Gasteiger partial charge in [-0.3, -0.25) is 5.10 Å². The molecule has 2 heterocycles. The third-order valence-corrected chi connectivity index (χ3v) is 3.26. The fraction of sp³-hybridized carbons (Fsp3) is 0.429. The van der Waals surface area contributed by atoms with Crippen LogP contribution >= 0.6 is 0 Å². The van der Waals surface area contributed by atoms with Gasteiger partial charge in [0.1, 0.15) is 11.9 Å². The van der Waals surface area contributed by atoms with Gasteiger partial charge in [0.15, 0.2) is 5.82 Å². The van der Waals surface area contributed by atoms with Crippen LogP contribution in [-0.4, -0.2) is 21.8 Å². The van der Waals surface area contributed by atoms with Crippen molar-refractivity contribution < 1.29 is 4.74 Å². The van der Waals surface area contributed by atoms with Crippen molar-refractivity contribution in [2.24, 2.45) is 0 Å². The lowest BCUT2D eigenvalue weighted by Crippen LogP contribution is -1.98. The van der Waals surface area contributed by atoms with E-state index in [1.54, 1.807) is 0 Å². The summed E-state index contributed by atoms with van der Waals surface area (Å²) in [5.41, 5.74) is 2.52. The van der Waals surface area contributed by atoms with Crippen LogP contribution in [0.5, 0.6) is 0 Å². The second-order valence-corrected chi connectivity index (χ2v) is 4.80. The van der Waals surface area contributed by atoms with Crippen LogP contribution in [0.2, 0.25) is 0 Å². The maximum Gasteiger partial charge on any atom is 0.179 e. The highest BCUT2D eigenvalue weighted by atomic mass is 16.5. The standard InChI is InChI=1S/C14H17N3O/c1-10-4-6-11(7-5-10)9-13-15-14(17-16-13)12-3-2-8-18-12/h4-7,12H,2-3,8-9H2,1H3,(H,15,16,17)/t12-/m1/s1. The van der Waals surface area contributed by atoms with Crippen LogP contribution in [0.15, 0.2) is 24.3 Å². The highest BCUT2D eigenvalue weighted by Gasteiger charge is 2.21. The molecule has 1 aromatic carbocycles. The summed E-state index contributed by atoms with van der Waals surface area (Å²) in [6.07, 6.45) is 3.02. The zero-order valence-electron chi connectivity index (χ0n) is 10.5. The fourth-order valence-electron chi connectivity index (χ4n) is 2.21. The van der Waals surface area contributed by atoms with Crippen molar-refractivity contribution in [1.82, 2.24) is 15.2 Å². The first-order valence-corrected chi connectivity index (χ1v) is 6.39. The van der Waals surface area contributed by atoms with Crippen molar-refractivity contribution in [2.45, 2.75) is 32.3 Å². The van der Waals surface area contributed by atoms with E-state index >= 15 is 0 Å². The van der Waals surface area contributed by atoms with Crippen LogP contribution in [-0.2, 0) is 11.2 Å². The molecule has 2 aromatic rings. The lowest BCUT2D eigenvalue weighted by atomic mass is 10.1. The van der Waals surface area contributed by atoms with Gasteiger partial charge in [0.05, 0.1) is 0 Å². The Morgan fingerprint density at radius 2 is 2.17 bits per heavy atom. The second kappa shape index (κ2) is 4.90. The molecule has 0 aliphatic carbocycles. The summed E-state index contributed by atoms with van der Waals surface area (Å²) < 4.78 is 5.57. The van der Waals surface area contributed by atoms with Crippen molar-refractivity contribution in [3.05, 3.63) is 47.0 Å². The topological polar surface area (TPSA) is 50.8 Å². The summed E-state index contributed by atoms with van der Waals surface area (Å²) in [6, 6.07) is 8.49. The Labute approximate surface area is 106 Å². The van der Waals surface area contributed by atoms with Crippen molar-refractivity contribution in [2.75, 3.05) is 6.61 Å². The number of H-pyrrole nitrogens is 1. The van der Waals surface area contributed by atoms with Gasteiger partial charge in [-0.15, -0.1) is 0 Å². The summed E-state index contributed by atoms with van der Waals surface area (Å²) in [5, 5.41) is 7.26. The number of hydrogen-bond donors (Lipinski definition) is 1. The summed E-state index contributed by atoms with van der Waals surface area (Å²) in [4.78, 5) is 4.52. The molecular weight excluding hydrogens is 226 g/mol. The molecule has 1 aliphatic heterocycles. The van der Waals surface area contributed by atoms with E-state index < -0.39 is 0 Å². The highest BCUT2D eigenvalue weighted by molar-refractivity contribution is 5.23. The largest absolute Gasteiger partial charge is 0.370 e. The number of ether oxygens (including phenoxy) is 1. The van der Waals surface area contributed by atoms with Gasteiger partial charge in [-0.05, 0) is 25.3 Å². The van der Waals surface area contributed by atoms with E-state index in [-0.39, 0.29) is 6.10 Å². The van der Waals surface area contributed by atoms with Crippen LogP contribution in [0.4, 0.5) is 0 Å². The third kappa shape index (κ3) is 2.43. The summed E-state index contributed by atoms with van der Waals surface area (Å²) >= 11 is 0. The van der Waals surface area contributed by atoms with Crippen molar-refractivity contribution in [3.8, 4) is 0 Å². The molecule has 4 heteroatoms. The Kier molecular flexibility index (Phi) is 3.11. The van der Waals surface area contributed by atoms with Gasteiger partial charge < -0.3 is 4.74 Å². The fourth-order valence-corrected chi connectivity index (χ4v) is 2.21. The Hall–Kier alpha value is -1.68. The van der Waals surface area contributed by atoms with Gasteiger partial charge in [0, 0.05) is 13.0 Å². The van der Waals surface area contributed by atoms with Gasteiger partial charge in [0.2, 0.25) is 0 Å². The molecule has 18 heavy (non-hydrogen) atoms. The van der Waals surface area contributed by atoms with Gasteiger partial charge in [-0.25, -0.2) is 4.98 Å². The van der Waals surface area contributed by atoms with Gasteiger partial charge in [-0.2, -0.15) is 5.10 Å². The van der Waals surface area contributed by atoms with E-state index in [1.165, 1.54) is 11.1 Å². The van der Waals surface area contributed by atoms with Gasteiger partial charge in [-0.1, -0.05) is 29.8 Å². The molecule has 0 unspecified atom stereocenters. The Morgan fingerprint density at radius 1 is 1.33 bits per heavy atom. The van der Waals surface area contributed by atoms with Crippen LogP contribution in [0.1, 0.15) is 41.7 Å². The molecule has 1 N–H and O–H groups in total.